The van der Waals surface area contributed by atoms with E-state index in [1.165, 1.54) is 22.3 Å². The van der Waals surface area contributed by atoms with Gasteiger partial charge in [0.1, 0.15) is 0 Å². The van der Waals surface area contributed by atoms with E-state index < -0.39 is 6.10 Å². The molecule has 0 heterocycles. The molecule has 0 aliphatic rings. The Morgan fingerprint density at radius 1 is 1.06 bits per heavy atom. The maximum atomic E-state index is 9.66. The number of hydrogen-bond donors (Lipinski definition) is 2. The topological polar surface area (TPSA) is 46.2 Å². The van der Waals surface area contributed by atoms with Crippen molar-refractivity contribution >= 4 is 0 Å². The molecule has 0 fully saturated rings. The fraction of sp³-hybridized carbons (Fsp3) is 0.250. The van der Waals surface area contributed by atoms with Crippen LogP contribution in [0.4, 0.5) is 0 Å². The van der Waals surface area contributed by atoms with Crippen LogP contribution in [0.2, 0.25) is 0 Å². The van der Waals surface area contributed by atoms with Crippen LogP contribution in [0.5, 0.6) is 0 Å². The third-order valence-electron chi connectivity index (χ3n) is 3.21. The van der Waals surface area contributed by atoms with Crippen LogP contribution in [0, 0.1) is 13.8 Å². The van der Waals surface area contributed by atoms with Crippen LogP contribution in [0.3, 0.4) is 0 Å². The van der Waals surface area contributed by atoms with Gasteiger partial charge in [-0.1, -0.05) is 48.0 Å². The third kappa shape index (κ3) is 2.61. The minimum atomic E-state index is -0.571. The first-order chi connectivity index (χ1) is 8.61. The zero-order valence-electron chi connectivity index (χ0n) is 10.9. The lowest BCUT2D eigenvalue weighted by atomic mass is 9.97. The predicted octanol–water partition coefficient (Wildman–Crippen LogP) is 2.96. The van der Waals surface area contributed by atoms with E-state index in [1.807, 2.05) is 24.3 Å². The van der Waals surface area contributed by atoms with Gasteiger partial charge in [0.15, 0.2) is 0 Å². The lowest BCUT2D eigenvalue weighted by Crippen LogP contribution is -2.11. The van der Waals surface area contributed by atoms with Gasteiger partial charge < -0.3 is 10.8 Å². The minimum Gasteiger partial charge on any atom is -0.387 e. The van der Waals surface area contributed by atoms with E-state index >= 15 is 0 Å². The zero-order chi connectivity index (χ0) is 13.1. The van der Waals surface area contributed by atoms with Crippen molar-refractivity contribution in [2.75, 3.05) is 6.54 Å². The second-order valence-corrected chi connectivity index (χ2v) is 4.69. The molecule has 3 N–H and O–H groups in total. The third-order valence-corrected chi connectivity index (χ3v) is 3.21. The second-order valence-electron chi connectivity index (χ2n) is 4.69. The molecule has 0 aliphatic carbocycles. The highest BCUT2D eigenvalue weighted by Gasteiger charge is 2.06. The number of benzene rings is 2. The zero-order valence-corrected chi connectivity index (χ0v) is 10.9. The molecule has 2 rings (SSSR count). The van der Waals surface area contributed by atoms with Crippen LogP contribution in [0.25, 0.3) is 11.1 Å². The van der Waals surface area contributed by atoms with Gasteiger partial charge >= 0.3 is 0 Å². The van der Waals surface area contributed by atoms with Crippen LogP contribution in [0.15, 0.2) is 42.5 Å². The van der Waals surface area contributed by atoms with Crippen LogP contribution in [-0.4, -0.2) is 11.7 Å². The number of rotatable bonds is 3. The van der Waals surface area contributed by atoms with Gasteiger partial charge in [0.25, 0.3) is 0 Å². The molecule has 2 aromatic carbocycles. The Morgan fingerprint density at radius 2 is 1.72 bits per heavy atom. The number of aryl methyl sites for hydroxylation is 2. The SMILES string of the molecule is Cc1ccc(-c2ccc(C(O)CN)cc2)c(C)c1. The summed E-state index contributed by atoms with van der Waals surface area (Å²) in [5.74, 6) is 0. The summed E-state index contributed by atoms with van der Waals surface area (Å²) in [6.45, 7) is 4.46. The lowest BCUT2D eigenvalue weighted by Gasteiger charge is -2.11. The molecule has 1 atom stereocenters. The first-order valence-corrected chi connectivity index (χ1v) is 6.17. The smallest absolute Gasteiger partial charge is 0.0912 e. The van der Waals surface area contributed by atoms with E-state index in [0.29, 0.717) is 0 Å². The average Bonchev–Trinajstić information content (AvgIpc) is 2.38. The second kappa shape index (κ2) is 5.34. The molecule has 0 aliphatic heterocycles. The molecule has 0 saturated heterocycles. The van der Waals surface area contributed by atoms with Crippen molar-refractivity contribution < 1.29 is 5.11 Å². The highest BCUT2D eigenvalue weighted by molar-refractivity contribution is 5.67. The molecule has 0 radical (unpaired) electrons. The maximum Gasteiger partial charge on any atom is 0.0912 e. The van der Waals surface area contributed by atoms with Gasteiger partial charge in [0.05, 0.1) is 6.10 Å². The Morgan fingerprint density at radius 3 is 2.28 bits per heavy atom. The van der Waals surface area contributed by atoms with Crippen LogP contribution >= 0.6 is 0 Å². The van der Waals surface area contributed by atoms with E-state index in [4.69, 9.17) is 5.73 Å². The van der Waals surface area contributed by atoms with Crippen molar-refractivity contribution in [3.63, 3.8) is 0 Å². The Balaban J connectivity index is 2.34. The molecule has 18 heavy (non-hydrogen) atoms. The van der Waals surface area contributed by atoms with E-state index in [2.05, 4.69) is 32.0 Å². The summed E-state index contributed by atoms with van der Waals surface area (Å²) in [5.41, 5.74) is 11.2. The van der Waals surface area contributed by atoms with E-state index in [-0.39, 0.29) is 6.54 Å². The van der Waals surface area contributed by atoms with E-state index in [1.54, 1.807) is 0 Å². The first kappa shape index (κ1) is 12.8. The highest BCUT2D eigenvalue weighted by Crippen LogP contribution is 2.25. The first-order valence-electron chi connectivity index (χ1n) is 6.17. The van der Waals surface area contributed by atoms with Gasteiger partial charge in [0, 0.05) is 6.54 Å². The summed E-state index contributed by atoms with van der Waals surface area (Å²) in [6, 6.07) is 14.4. The Labute approximate surface area is 108 Å². The molecule has 1 unspecified atom stereocenters. The molecule has 0 bridgehead atoms. The summed E-state index contributed by atoms with van der Waals surface area (Å²) >= 11 is 0. The van der Waals surface area contributed by atoms with Crippen LogP contribution < -0.4 is 5.73 Å². The largest absolute Gasteiger partial charge is 0.387 e. The number of aliphatic hydroxyl groups is 1. The van der Waals surface area contributed by atoms with Crippen molar-refractivity contribution in [2.45, 2.75) is 20.0 Å². The van der Waals surface area contributed by atoms with Crippen LogP contribution in [0.1, 0.15) is 22.8 Å². The standard InChI is InChI=1S/C16H19NO/c1-11-3-8-15(12(2)9-11)13-4-6-14(7-5-13)16(18)10-17/h3-9,16,18H,10,17H2,1-2H3. The van der Waals surface area contributed by atoms with Gasteiger partial charge in [0.2, 0.25) is 0 Å². The van der Waals surface area contributed by atoms with Gasteiger partial charge in [-0.15, -0.1) is 0 Å². The molecule has 0 amide bonds. The molecular weight excluding hydrogens is 222 g/mol. The van der Waals surface area contributed by atoms with Gasteiger partial charge in [-0.2, -0.15) is 0 Å². The molecule has 94 valence electrons. The molecule has 0 spiro atoms. The number of aliphatic hydroxyl groups excluding tert-OH is 1. The molecule has 2 heteroatoms. The Hall–Kier alpha value is -1.64. The summed E-state index contributed by atoms with van der Waals surface area (Å²) in [4.78, 5) is 0. The van der Waals surface area contributed by atoms with Crippen molar-refractivity contribution in [2.24, 2.45) is 5.73 Å². The monoisotopic (exact) mass is 241 g/mol. The number of hydrogen-bond acceptors (Lipinski definition) is 2. The molecule has 0 saturated carbocycles. The summed E-state index contributed by atoms with van der Waals surface area (Å²) < 4.78 is 0. The van der Waals surface area contributed by atoms with Crippen LogP contribution in [-0.2, 0) is 0 Å². The van der Waals surface area contributed by atoms with Crippen molar-refractivity contribution in [3.05, 3.63) is 59.2 Å². The van der Waals surface area contributed by atoms with Crippen molar-refractivity contribution in [1.29, 1.82) is 0 Å². The Bertz CT molecular complexity index is 531. The molecular formula is C16H19NO. The van der Waals surface area contributed by atoms with Crippen molar-refractivity contribution in [3.8, 4) is 11.1 Å². The molecule has 2 nitrogen and oxygen atoms in total. The predicted molar refractivity (Wildman–Crippen MR) is 75.4 cm³/mol. The minimum absolute atomic E-state index is 0.253. The molecule has 0 aromatic heterocycles. The van der Waals surface area contributed by atoms with Gasteiger partial charge in [-0.25, -0.2) is 0 Å². The quantitative estimate of drug-likeness (QED) is 0.867. The fourth-order valence-electron chi connectivity index (χ4n) is 2.16. The van der Waals surface area contributed by atoms with E-state index in [0.717, 1.165) is 5.56 Å². The fourth-order valence-corrected chi connectivity index (χ4v) is 2.16. The average molecular weight is 241 g/mol. The van der Waals surface area contributed by atoms with Gasteiger partial charge in [-0.05, 0) is 36.1 Å². The summed E-state index contributed by atoms with van der Waals surface area (Å²) in [6.07, 6.45) is -0.571. The molecule has 2 aromatic rings. The summed E-state index contributed by atoms with van der Waals surface area (Å²) in [7, 11) is 0. The normalized spacial score (nSPS) is 12.4. The maximum absolute atomic E-state index is 9.66. The lowest BCUT2D eigenvalue weighted by molar-refractivity contribution is 0.187. The van der Waals surface area contributed by atoms with E-state index in [9.17, 15) is 5.11 Å². The van der Waals surface area contributed by atoms with Crippen molar-refractivity contribution in [1.82, 2.24) is 0 Å². The van der Waals surface area contributed by atoms with Gasteiger partial charge in [-0.3, -0.25) is 0 Å². The summed E-state index contributed by atoms with van der Waals surface area (Å²) in [5, 5.41) is 9.66. The Kier molecular flexibility index (Phi) is 3.80. The number of nitrogens with two attached hydrogens (primary N) is 1. The highest BCUT2D eigenvalue weighted by atomic mass is 16.3.